The third kappa shape index (κ3) is 5.57. The van der Waals surface area contributed by atoms with Crippen molar-refractivity contribution in [3.05, 3.63) is 58.7 Å². The third-order valence-electron chi connectivity index (χ3n) is 6.63. The Kier molecular flexibility index (Phi) is 8.04. The van der Waals surface area contributed by atoms with E-state index in [0.29, 0.717) is 36.6 Å². The van der Waals surface area contributed by atoms with Crippen LogP contribution in [-0.4, -0.2) is 84.3 Å². The van der Waals surface area contributed by atoms with Crippen LogP contribution in [0.2, 0.25) is 0 Å². The minimum Gasteiger partial charge on any atom is -0.507 e. The molecule has 2 fully saturated rings. The molecule has 9 nitrogen and oxygen atoms in total. The minimum atomic E-state index is -0.845. The number of carbonyl (C=O) groups is 2. The van der Waals surface area contributed by atoms with Crippen LogP contribution in [0.5, 0.6) is 17.2 Å². The first-order valence-electron chi connectivity index (χ1n) is 12.4. The van der Waals surface area contributed by atoms with Crippen LogP contribution < -0.4 is 9.47 Å². The number of aliphatic hydroxyl groups is 1. The topological polar surface area (TPSA) is 109 Å². The molecule has 0 aliphatic carbocycles. The number of methoxy groups -OCH3 is 1. The van der Waals surface area contributed by atoms with Crippen molar-refractivity contribution >= 4 is 17.4 Å². The number of aryl methyl sites for hydroxylation is 1. The number of hydrogen-bond acceptors (Lipinski definition) is 8. The van der Waals surface area contributed by atoms with Gasteiger partial charge in [0, 0.05) is 31.7 Å². The number of ether oxygens (including phenoxy) is 3. The number of hydrogen-bond donors (Lipinski definition) is 2. The predicted octanol–water partition coefficient (Wildman–Crippen LogP) is 3.25. The van der Waals surface area contributed by atoms with Crippen LogP contribution in [0.4, 0.5) is 0 Å². The number of rotatable bonds is 8. The summed E-state index contributed by atoms with van der Waals surface area (Å²) in [5.41, 5.74) is 1.75. The Morgan fingerprint density at radius 1 is 1.08 bits per heavy atom. The molecule has 2 heterocycles. The lowest BCUT2D eigenvalue weighted by Crippen LogP contribution is -2.42. The molecule has 2 aromatic rings. The fourth-order valence-corrected chi connectivity index (χ4v) is 4.73. The summed E-state index contributed by atoms with van der Waals surface area (Å²) >= 11 is 0. The molecule has 2 aromatic carbocycles. The predicted molar refractivity (Wildman–Crippen MR) is 138 cm³/mol. The van der Waals surface area contributed by atoms with Crippen molar-refractivity contribution in [1.82, 2.24) is 9.80 Å². The van der Waals surface area contributed by atoms with Gasteiger partial charge in [0.15, 0.2) is 11.5 Å². The number of morpholine rings is 1. The number of phenols is 1. The Morgan fingerprint density at radius 3 is 2.46 bits per heavy atom. The smallest absolute Gasteiger partial charge is 0.295 e. The maximum Gasteiger partial charge on any atom is 0.295 e. The van der Waals surface area contributed by atoms with Gasteiger partial charge in [-0.25, -0.2) is 0 Å². The summed E-state index contributed by atoms with van der Waals surface area (Å²) in [6.07, 6.45) is -0.0144. The average molecular weight is 511 g/mol. The van der Waals surface area contributed by atoms with E-state index in [0.717, 1.165) is 18.7 Å². The summed E-state index contributed by atoms with van der Waals surface area (Å²) in [7, 11) is 1.43. The lowest BCUT2D eigenvalue weighted by Gasteiger charge is -2.31. The third-order valence-corrected chi connectivity index (χ3v) is 6.63. The van der Waals surface area contributed by atoms with E-state index in [9.17, 15) is 19.8 Å². The molecule has 4 rings (SSSR count). The van der Waals surface area contributed by atoms with Crippen LogP contribution in [0.25, 0.3) is 5.76 Å². The molecule has 37 heavy (non-hydrogen) atoms. The van der Waals surface area contributed by atoms with Crippen LogP contribution in [0.1, 0.15) is 36.6 Å². The summed E-state index contributed by atoms with van der Waals surface area (Å²) in [6.45, 7) is 9.28. The van der Waals surface area contributed by atoms with Crippen molar-refractivity contribution in [2.45, 2.75) is 32.9 Å². The van der Waals surface area contributed by atoms with Crippen LogP contribution in [-0.2, 0) is 14.3 Å². The molecular weight excluding hydrogens is 476 g/mol. The highest BCUT2D eigenvalue weighted by atomic mass is 16.5. The van der Waals surface area contributed by atoms with Crippen LogP contribution in [0, 0.1) is 6.92 Å². The van der Waals surface area contributed by atoms with Crippen LogP contribution in [0.3, 0.4) is 0 Å². The molecule has 2 N–H and O–H groups in total. The highest BCUT2D eigenvalue weighted by Crippen LogP contribution is 2.42. The Bertz CT molecular complexity index is 1200. The van der Waals surface area contributed by atoms with Crippen molar-refractivity contribution < 1.29 is 34.0 Å². The molecule has 0 unspecified atom stereocenters. The molecular formula is C28H34N2O7. The first-order chi connectivity index (χ1) is 17.7. The second-order valence-electron chi connectivity index (χ2n) is 9.52. The molecule has 0 bridgehead atoms. The lowest BCUT2D eigenvalue weighted by molar-refractivity contribution is -0.140. The van der Waals surface area contributed by atoms with Gasteiger partial charge in [-0.2, -0.15) is 0 Å². The second kappa shape index (κ2) is 11.2. The van der Waals surface area contributed by atoms with E-state index in [1.165, 1.54) is 18.1 Å². The quantitative estimate of drug-likeness (QED) is 0.317. The van der Waals surface area contributed by atoms with E-state index in [4.69, 9.17) is 14.2 Å². The second-order valence-corrected chi connectivity index (χ2v) is 9.52. The van der Waals surface area contributed by atoms with Crippen molar-refractivity contribution in [3.8, 4) is 17.2 Å². The van der Waals surface area contributed by atoms with Gasteiger partial charge in [-0.1, -0.05) is 6.07 Å². The number of benzene rings is 2. The normalized spacial score (nSPS) is 20.0. The number of likely N-dealkylation sites (tertiary alicyclic amines) is 1. The van der Waals surface area contributed by atoms with Gasteiger partial charge in [0.05, 0.1) is 38.0 Å². The number of amides is 1. The molecule has 2 aliphatic heterocycles. The molecule has 2 saturated heterocycles. The number of aromatic hydroxyl groups is 1. The van der Waals surface area contributed by atoms with Gasteiger partial charge in [-0.3, -0.25) is 14.5 Å². The van der Waals surface area contributed by atoms with E-state index < -0.39 is 17.7 Å². The highest BCUT2D eigenvalue weighted by Gasteiger charge is 2.46. The molecule has 0 spiro atoms. The first-order valence-corrected chi connectivity index (χ1v) is 12.4. The van der Waals surface area contributed by atoms with Crippen molar-refractivity contribution in [1.29, 1.82) is 0 Å². The molecule has 0 saturated carbocycles. The van der Waals surface area contributed by atoms with Gasteiger partial charge < -0.3 is 29.3 Å². The number of nitrogens with zero attached hydrogens (tertiary/aromatic N) is 2. The Labute approximate surface area is 216 Å². The van der Waals surface area contributed by atoms with Crippen LogP contribution >= 0.6 is 0 Å². The molecule has 9 heteroatoms. The van der Waals surface area contributed by atoms with Gasteiger partial charge >= 0.3 is 0 Å². The summed E-state index contributed by atoms with van der Waals surface area (Å²) in [4.78, 5) is 30.3. The number of ketones is 1. The fraction of sp³-hybridized carbons (Fsp3) is 0.429. The van der Waals surface area contributed by atoms with E-state index in [-0.39, 0.29) is 35.5 Å². The largest absolute Gasteiger partial charge is 0.507 e. The highest BCUT2D eigenvalue weighted by molar-refractivity contribution is 6.46. The Hall–Kier alpha value is -3.56. The van der Waals surface area contributed by atoms with Gasteiger partial charge in [-0.05, 0) is 62.2 Å². The van der Waals surface area contributed by atoms with Crippen molar-refractivity contribution in [2.75, 3.05) is 46.5 Å². The molecule has 198 valence electrons. The molecule has 1 amide bonds. The summed E-state index contributed by atoms with van der Waals surface area (Å²) in [5, 5.41) is 21.5. The van der Waals surface area contributed by atoms with E-state index in [2.05, 4.69) is 4.90 Å². The SMILES string of the molecule is COc1cc([C@H]2C(=C(O)c3ccc(OC(C)C)c(C)c3)C(=O)C(=O)N2CCN2CCOCC2)ccc1O. The zero-order valence-electron chi connectivity index (χ0n) is 21.7. The monoisotopic (exact) mass is 510 g/mol. The lowest BCUT2D eigenvalue weighted by atomic mass is 9.94. The average Bonchev–Trinajstić information content (AvgIpc) is 3.13. The summed E-state index contributed by atoms with van der Waals surface area (Å²) in [6, 6.07) is 9.00. The Morgan fingerprint density at radius 2 is 1.81 bits per heavy atom. The molecule has 1 atom stereocenters. The van der Waals surface area contributed by atoms with Crippen molar-refractivity contribution in [3.63, 3.8) is 0 Å². The van der Waals surface area contributed by atoms with Gasteiger partial charge in [0.2, 0.25) is 0 Å². The van der Waals surface area contributed by atoms with Crippen molar-refractivity contribution in [2.24, 2.45) is 0 Å². The van der Waals surface area contributed by atoms with Gasteiger partial charge in [0.25, 0.3) is 11.7 Å². The number of Topliss-reactive ketones (excluding diaryl/α,β-unsaturated/α-hetero) is 1. The first kappa shape index (κ1) is 26.5. The fourth-order valence-electron chi connectivity index (χ4n) is 4.73. The maximum atomic E-state index is 13.3. The maximum absolute atomic E-state index is 13.3. The number of carbonyl (C=O) groups excluding carboxylic acids is 2. The minimum absolute atomic E-state index is 0.00310. The van der Waals surface area contributed by atoms with E-state index >= 15 is 0 Å². The molecule has 0 radical (unpaired) electrons. The molecule has 2 aliphatic rings. The van der Waals surface area contributed by atoms with Crippen LogP contribution in [0.15, 0.2) is 42.0 Å². The molecule has 0 aromatic heterocycles. The van der Waals surface area contributed by atoms with E-state index in [1.54, 1.807) is 30.3 Å². The number of aliphatic hydroxyl groups excluding tert-OH is 1. The summed E-state index contributed by atoms with van der Waals surface area (Å²) < 4.78 is 16.5. The Balaban J connectivity index is 1.76. The van der Waals surface area contributed by atoms with Gasteiger partial charge in [0.1, 0.15) is 11.5 Å². The zero-order chi connectivity index (χ0) is 26.7. The van der Waals surface area contributed by atoms with E-state index in [1.807, 2.05) is 20.8 Å². The number of phenolic OH excluding ortho intramolecular Hbond substituents is 1. The zero-order valence-corrected chi connectivity index (χ0v) is 21.7. The standard InChI is InChI=1S/C28H34N2O7/c1-17(2)37-22-8-6-20(15-18(22)3)26(32)24-25(19-5-7-21(31)23(16-19)35-4)30(28(34)27(24)33)10-9-29-11-13-36-14-12-29/h5-8,15-17,25,31-32H,9-14H2,1-4H3/t25-/m0/s1. The summed E-state index contributed by atoms with van der Waals surface area (Å²) in [5.74, 6) is -0.865. The van der Waals surface area contributed by atoms with Gasteiger partial charge in [-0.15, -0.1) is 0 Å².